The van der Waals surface area contributed by atoms with Crippen molar-refractivity contribution in [2.24, 2.45) is 5.84 Å². The Morgan fingerprint density at radius 3 is 2.67 bits per heavy atom. The average Bonchev–Trinajstić information content (AvgIpc) is 3.10. The Labute approximate surface area is 138 Å². The molecule has 7 nitrogen and oxygen atoms in total. The monoisotopic (exact) mass is 317 g/mol. The van der Waals surface area contributed by atoms with E-state index in [1.54, 1.807) is 24.8 Å². The number of nitrogen functional groups attached to an aromatic ring is 1. The van der Waals surface area contributed by atoms with E-state index in [9.17, 15) is 0 Å². The van der Waals surface area contributed by atoms with Gasteiger partial charge in [0, 0.05) is 18.0 Å². The van der Waals surface area contributed by atoms with E-state index in [4.69, 9.17) is 11.6 Å². The van der Waals surface area contributed by atoms with Gasteiger partial charge in [0.1, 0.15) is 0 Å². The van der Waals surface area contributed by atoms with Crippen molar-refractivity contribution in [2.75, 3.05) is 10.7 Å². The molecule has 0 aliphatic heterocycles. The topological polar surface area (TPSA) is 110 Å². The molecule has 4 aromatic rings. The van der Waals surface area contributed by atoms with Crippen LogP contribution >= 0.6 is 0 Å². The van der Waals surface area contributed by atoms with Crippen molar-refractivity contribution in [1.29, 1.82) is 0 Å². The van der Waals surface area contributed by atoms with Gasteiger partial charge in [-0.3, -0.25) is 9.99 Å². The summed E-state index contributed by atoms with van der Waals surface area (Å²) in [5.41, 5.74) is 10.8. The molecular weight excluding hydrogens is 302 g/mol. The molecule has 3 heterocycles. The van der Waals surface area contributed by atoms with E-state index in [2.05, 4.69) is 19.9 Å². The summed E-state index contributed by atoms with van der Waals surface area (Å²) in [6.45, 7) is 0. The predicted octanol–water partition coefficient (Wildman–Crippen LogP) is 2.61. The van der Waals surface area contributed by atoms with Gasteiger partial charge in [-0.25, -0.2) is 15.8 Å². The number of rotatable bonds is 3. The number of hydrazine groups is 1. The Bertz CT molecular complexity index is 994. The maximum atomic E-state index is 6.27. The lowest BCUT2D eigenvalue weighted by molar-refractivity contribution is 1.04. The third kappa shape index (κ3) is 2.42. The van der Waals surface area contributed by atoms with Crippen LogP contribution < -0.4 is 16.6 Å². The summed E-state index contributed by atoms with van der Waals surface area (Å²) in [6, 6.07) is 13.1. The minimum absolute atomic E-state index is 0.489. The molecule has 1 aromatic carbocycles. The molecule has 0 bridgehead atoms. The molecular formula is C17H15N7. The highest BCUT2D eigenvalue weighted by Gasteiger charge is 2.13. The van der Waals surface area contributed by atoms with Crippen LogP contribution in [0.1, 0.15) is 0 Å². The van der Waals surface area contributed by atoms with Crippen LogP contribution in [-0.2, 0) is 0 Å². The van der Waals surface area contributed by atoms with E-state index >= 15 is 0 Å². The van der Waals surface area contributed by atoms with Gasteiger partial charge in [-0.2, -0.15) is 0 Å². The lowest BCUT2D eigenvalue weighted by Crippen LogP contribution is -2.27. The maximum Gasteiger partial charge on any atom is 0.171 e. The Morgan fingerprint density at radius 2 is 1.83 bits per heavy atom. The first-order valence-corrected chi connectivity index (χ1v) is 7.37. The number of nitrogens with two attached hydrogens (primary N) is 2. The van der Waals surface area contributed by atoms with Crippen LogP contribution in [0.3, 0.4) is 0 Å². The molecule has 0 aliphatic rings. The van der Waals surface area contributed by atoms with Crippen LogP contribution in [0.2, 0.25) is 0 Å². The summed E-state index contributed by atoms with van der Waals surface area (Å²) in [7, 11) is 0. The lowest BCUT2D eigenvalue weighted by atomic mass is 10.1. The highest BCUT2D eigenvalue weighted by atomic mass is 15.4. The van der Waals surface area contributed by atoms with Gasteiger partial charge in [0.2, 0.25) is 0 Å². The average molecular weight is 317 g/mol. The number of nitrogens with zero attached hydrogens (tertiary/aromatic N) is 4. The summed E-state index contributed by atoms with van der Waals surface area (Å²) >= 11 is 0. The smallest absolute Gasteiger partial charge is 0.171 e. The highest BCUT2D eigenvalue weighted by Crippen LogP contribution is 2.29. The zero-order chi connectivity index (χ0) is 16.5. The fourth-order valence-electron chi connectivity index (χ4n) is 2.53. The number of benzene rings is 1. The SMILES string of the molecule is Nc1ccc(-c2ccncc2)nc1N(N)c1ccc2nc[nH]c2c1. The van der Waals surface area contributed by atoms with Gasteiger partial charge < -0.3 is 10.7 Å². The molecule has 0 radical (unpaired) electrons. The fourth-order valence-corrected chi connectivity index (χ4v) is 2.53. The number of nitrogens with one attached hydrogen (secondary N) is 1. The first-order valence-electron chi connectivity index (χ1n) is 7.37. The zero-order valence-corrected chi connectivity index (χ0v) is 12.7. The van der Waals surface area contributed by atoms with Gasteiger partial charge in [-0.05, 0) is 42.5 Å². The molecule has 5 N–H and O–H groups in total. The number of imidazole rings is 1. The number of aromatic nitrogens is 4. The van der Waals surface area contributed by atoms with Gasteiger partial charge >= 0.3 is 0 Å². The summed E-state index contributed by atoms with van der Waals surface area (Å²) in [6.07, 6.45) is 5.09. The molecule has 3 aromatic heterocycles. The molecule has 0 fully saturated rings. The van der Waals surface area contributed by atoms with Gasteiger partial charge in [0.15, 0.2) is 5.82 Å². The number of anilines is 3. The van der Waals surface area contributed by atoms with Crippen molar-refractivity contribution in [3.05, 3.63) is 61.2 Å². The van der Waals surface area contributed by atoms with Crippen molar-refractivity contribution in [3.63, 3.8) is 0 Å². The summed E-state index contributed by atoms with van der Waals surface area (Å²) in [4.78, 5) is 15.9. The van der Waals surface area contributed by atoms with E-state index < -0.39 is 0 Å². The zero-order valence-electron chi connectivity index (χ0n) is 12.7. The van der Waals surface area contributed by atoms with E-state index in [0.29, 0.717) is 11.5 Å². The second kappa shape index (κ2) is 5.64. The summed E-state index contributed by atoms with van der Waals surface area (Å²) in [5, 5.41) is 1.47. The van der Waals surface area contributed by atoms with Crippen LogP contribution in [0.15, 0.2) is 61.2 Å². The number of hydrogen-bond donors (Lipinski definition) is 3. The van der Waals surface area contributed by atoms with Gasteiger partial charge in [-0.1, -0.05) is 0 Å². The number of pyridine rings is 2. The molecule has 0 atom stereocenters. The van der Waals surface area contributed by atoms with Gasteiger partial charge in [0.05, 0.1) is 34.4 Å². The largest absolute Gasteiger partial charge is 0.396 e. The lowest BCUT2D eigenvalue weighted by Gasteiger charge is -2.20. The third-order valence-corrected chi connectivity index (χ3v) is 3.79. The predicted molar refractivity (Wildman–Crippen MR) is 94.3 cm³/mol. The number of H-pyrrole nitrogens is 1. The highest BCUT2D eigenvalue weighted by molar-refractivity contribution is 5.82. The molecule has 0 amide bonds. The van der Waals surface area contributed by atoms with Crippen LogP contribution in [0.25, 0.3) is 22.3 Å². The van der Waals surface area contributed by atoms with Crippen molar-refractivity contribution in [3.8, 4) is 11.3 Å². The number of fused-ring (bicyclic) bond motifs is 1. The van der Waals surface area contributed by atoms with Crippen molar-refractivity contribution in [1.82, 2.24) is 19.9 Å². The van der Waals surface area contributed by atoms with Crippen LogP contribution in [-0.4, -0.2) is 19.9 Å². The Balaban J connectivity index is 1.77. The normalized spacial score (nSPS) is 10.9. The van der Waals surface area contributed by atoms with Gasteiger partial charge in [0.25, 0.3) is 0 Å². The second-order valence-electron chi connectivity index (χ2n) is 5.32. The van der Waals surface area contributed by atoms with Crippen molar-refractivity contribution < 1.29 is 0 Å². The molecule has 24 heavy (non-hydrogen) atoms. The molecule has 0 saturated heterocycles. The summed E-state index contributed by atoms with van der Waals surface area (Å²) < 4.78 is 0. The van der Waals surface area contributed by atoms with Crippen LogP contribution in [0, 0.1) is 0 Å². The minimum atomic E-state index is 0.489. The molecule has 0 unspecified atom stereocenters. The Kier molecular flexibility index (Phi) is 3.33. The van der Waals surface area contributed by atoms with Crippen LogP contribution in [0.5, 0.6) is 0 Å². The third-order valence-electron chi connectivity index (χ3n) is 3.79. The Hall–Kier alpha value is -3.45. The number of hydrogen-bond acceptors (Lipinski definition) is 6. The molecule has 0 aliphatic carbocycles. The van der Waals surface area contributed by atoms with E-state index in [1.807, 2.05) is 36.4 Å². The Morgan fingerprint density at radius 1 is 1.00 bits per heavy atom. The molecule has 0 saturated carbocycles. The minimum Gasteiger partial charge on any atom is -0.396 e. The molecule has 118 valence electrons. The van der Waals surface area contributed by atoms with E-state index in [0.717, 1.165) is 28.0 Å². The molecule has 7 heteroatoms. The first-order chi connectivity index (χ1) is 11.7. The van der Waals surface area contributed by atoms with Crippen molar-refractivity contribution in [2.45, 2.75) is 0 Å². The number of aromatic amines is 1. The quantitative estimate of drug-likeness (QED) is 0.396. The van der Waals surface area contributed by atoms with Gasteiger partial charge in [-0.15, -0.1) is 0 Å². The maximum absolute atomic E-state index is 6.27. The summed E-state index contributed by atoms with van der Waals surface area (Å²) in [5.74, 6) is 6.76. The molecule has 0 spiro atoms. The van der Waals surface area contributed by atoms with Crippen LogP contribution in [0.4, 0.5) is 17.2 Å². The fraction of sp³-hybridized carbons (Fsp3) is 0. The van der Waals surface area contributed by atoms with E-state index in [1.165, 1.54) is 5.01 Å². The van der Waals surface area contributed by atoms with E-state index in [-0.39, 0.29) is 0 Å². The second-order valence-corrected chi connectivity index (χ2v) is 5.32. The standard InChI is InChI=1S/C17H15N7/c18-13-2-4-14(11-5-7-20-8-6-11)23-17(13)24(19)12-1-3-15-16(9-12)22-10-21-15/h1-10H,18-19H2,(H,21,22). The van der Waals surface area contributed by atoms with Crippen molar-refractivity contribution >= 4 is 28.2 Å². The molecule has 4 rings (SSSR count). The first kappa shape index (κ1) is 14.2.